The van der Waals surface area contributed by atoms with Crippen molar-refractivity contribution in [3.8, 4) is 0 Å². The van der Waals surface area contributed by atoms with Gasteiger partial charge in [0.1, 0.15) is 0 Å². The number of carbonyl (C=O) groups excluding carboxylic acids is 1. The standard InChI is InChI=1S/C16H24N6OS/c1-5-20-6-8-21(9-7-20)14(23)13(4)24-16-19-18-15-17-11(2)10-12(3)22(15)16/h10,13H,5-9H2,1-4H3/p+1/t13-/m1/s1. The number of thioether (sulfide) groups is 1. The number of nitrogens with zero attached hydrogens (tertiary/aromatic N) is 5. The molecule has 8 heteroatoms. The third-order valence-electron chi connectivity index (χ3n) is 4.58. The molecule has 3 rings (SSSR count). The van der Waals surface area contributed by atoms with Crippen LogP contribution in [0.1, 0.15) is 25.2 Å². The van der Waals surface area contributed by atoms with Gasteiger partial charge in [0.2, 0.25) is 5.91 Å². The van der Waals surface area contributed by atoms with E-state index in [1.54, 1.807) is 4.90 Å². The molecule has 0 aromatic carbocycles. The zero-order chi connectivity index (χ0) is 17.3. The maximum absolute atomic E-state index is 12.7. The summed E-state index contributed by atoms with van der Waals surface area (Å²) < 4.78 is 1.92. The second kappa shape index (κ2) is 7.06. The summed E-state index contributed by atoms with van der Waals surface area (Å²) in [4.78, 5) is 20.7. The summed E-state index contributed by atoms with van der Waals surface area (Å²) in [6.45, 7) is 13.0. The van der Waals surface area contributed by atoms with Crippen LogP contribution in [0.2, 0.25) is 0 Å². The molecule has 1 N–H and O–H groups in total. The summed E-state index contributed by atoms with van der Waals surface area (Å²) in [5.74, 6) is 0.777. The first-order valence-corrected chi connectivity index (χ1v) is 9.36. The number of rotatable bonds is 4. The second-order valence-corrected chi connectivity index (χ2v) is 7.65. The molecular formula is C16H25N6OS+. The van der Waals surface area contributed by atoms with Crippen LogP contribution in [-0.2, 0) is 4.79 Å². The number of fused-ring (bicyclic) bond motifs is 1. The van der Waals surface area contributed by atoms with Crippen LogP contribution in [0.25, 0.3) is 5.78 Å². The molecule has 7 nitrogen and oxygen atoms in total. The quantitative estimate of drug-likeness (QED) is 0.785. The Bertz CT molecular complexity index is 737. The summed E-state index contributed by atoms with van der Waals surface area (Å²) in [6, 6.07) is 2.00. The average molecular weight is 349 g/mol. The Morgan fingerprint density at radius 3 is 2.71 bits per heavy atom. The molecule has 2 aromatic rings. The number of piperazine rings is 1. The van der Waals surface area contributed by atoms with Gasteiger partial charge in [-0.05, 0) is 33.8 Å². The van der Waals surface area contributed by atoms with Crippen molar-refractivity contribution in [2.75, 3.05) is 32.7 Å². The highest BCUT2D eigenvalue weighted by atomic mass is 32.2. The monoisotopic (exact) mass is 349 g/mol. The van der Waals surface area contributed by atoms with E-state index in [2.05, 4.69) is 22.1 Å². The molecule has 24 heavy (non-hydrogen) atoms. The maximum Gasteiger partial charge on any atom is 0.256 e. The third-order valence-corrected chi connectivity index (χ3v) is 5.61. The Labute approximate surface area is 146 Å². The van der Waals surface area contributed by atoms with Gasteiger partial charge < -0.3 is 9.80 Å². The van der Waals surface area contributed by atoms with Crippen molar-refractivity contribution in [3.63, 3.8) is 0 Å². The van der Waals surface area contributed by atoms with Crippen molar-refractivity contribution in [2.24, 2.45) is 0 Å². The third kappa shape index (κ3) is 3.39. The van der Waals surface area contributed by atoms with Gasteiger partial charge in [0.15, 0.2) is 5.16 Å². The molecule has 0 saturated carbocycles. The fraction of sp³-hybridized carbons (Fsp3) is 0.625. The van der Waals surface area contributed by atoms with E-state index in [4.69, 9.17) is 0 Å². The largest absolute Gasteiger partial charge is 0.332 e. The average Bonchev–Trinajstić information content (AvgIpc) is 2.97. The van der Waals surface area contributed by atoms with E-state index < -0.39 is 0 Å². The molecule has 3 heterocycles. The molecule has 1 saturated heterocycles. The van der Waals surface area contributed by atoms with Gasteiger partial charge in [0, 0.05) is 11.4 Å². The van der Waals surface area contributed by atoms with Crippen LogP contribution in [0.3, 0.4) is 0 Å². The summed E-state index contributed by atoms with van der Waals surface area (Å²) in [5.41, 5.74) is 1.95. The molecule has 130 valence electrons. The number of quaternary nitrogens is 1. The summed E-state index contributed by atoms with van der Waals surface area (Å²) in [5, 5.41) is 8.92. The second-order valence-electron chi connectivity index (χ2n) is 6.35. The first kappa shape index (κ1) is 17.2. The molecule has 1 atom stereocenters. The van der Waals surface area contributed by atoms with Crippen LogP contribution < -0.4 is 4.90 Å². The van der Waals surface area contributed by atoms with E-state index in [0.29, 0.717) is 5.78 Å². The number of aryl methyl sites for hydroxylation is 2. The molecule has 2 aromatic heterocycles. The first-order valence-electron chi connectivity index (χ1n) is 8.48. The van der Waals surface area contributed by atoms with Crippen molar-refractivity contribution >= 4 is 23.4 Å². The van der Waals surface area contributed by atoms with E-state index in [9.17, 15) is 4.79 Å². The van der Waals surface area contributed by atoms with Crippen molar-refractivity contribution < 1.29 is 9.69 Å². The maximum atomic E-state index is 12.7. The molecule has 0 aliphatic carbocycles. The fourth-order valence-corrected chi connectivity index (χ4v) is 4.12. The lowest BCUT2D eigenvalue weighted by Gasteiger charge is -2.32. The minimum Gasteiger partial charge on any atom is -0.332 e. The molecule has 1 aliphatic rings. The highest BCUT2D eigenvalue weighted by Crippen LogP contribution is 2.24. The minimum absolute atomic E-state index is 0.179. The number of nitrogens with one attached hydrogen (secondary N) is 1. The Morgan fingerprint density at radius 1 is 1.33 bits per heavy atom. The Morgan fingerprint density at radius 2 is 2.04 bits per heavy atom. The van der Waals surface area contributed by atoms with Crippen molar-refractivity contribution in [3.05, 3.63) is 17.5 Å². The van der Waals surface area contributed by atoms with Crippen LogP contribution in [0.15, 0.2) is 11.2 Å². The number of likely N-dealkylation sites (N-methyl/N-ethyl adjacent to an activating group) is 1. The molecule has 0 unspecified atom stereocenters. The van der Waals surface area contributed by atoms with Gasteiger partial charge >= 0.3 is 0 Å². The van der Waals surface area contributed by atoms with Crippen LogP contribution in [-0.4, -0.2) is 68.4 Å². The molecular weight excluding hydrogens is 324 g/mol. The Kier molecular flexibility index (Phi) is 5.05. The van der Waals surface area contributed by atoms with Gasteiger partial charge in [0.25, 0.3) is 5.78 Å². The first-order chi connectivity index (χ1) is 11.5. The number of amides is 1. The van der Waals surface area contributed by atoms with Gasteiger partial charge in [-0.1, -0.05) is 11.8 Å². The van der Waals surface area contributed by atoms with Gasteiger partial charge in [-0.15, -0.1) is 10.2 Å². The van der Waals surface area contributed by atoms with Crippen molar-refractivity contribution in [1.82, 2.24) is 24.5 Å². The normalized spacial score (nSPS) is 17.4. The Hall–Kier alpha value is -1.67. The van der Waals surface area contributed by atoms with Crippen molar-refractivity contribution in [1.29, 1.82) is 0 Å². The lowest BCUT2D eigenvalue weighted by atomic mass is 10.3. The van der Waals surface area contributed by atoms with E-state index in [1.807, 2.05) is 36.1 Å². The number of aromatic nitrogens is 4. The van der Waals surface area contributed by atoms with E-state index in [0.717, 1.165) is 49.3 Å². The van der Waals surface area contributed by atoms with E-state index in [1.165, 1.54) is 11.8 Å². The zero-order valence-electron chi connectivity index (χ0n) is 14.7. The smallest absolute Gasteiger partial charge is 0.256 e. The molecule has 1 amide bonds. The van der Waals surface area contributed by atoms with E-state index in [-0.39, 0.29) is 11.2 Å². The van der Waals surface area contributed by atoms with Gasteiger partial charge in [-0.25, -0.2) is 4.98 Å². The number of hydrogen-bond donors (Lipinski definition) is 1. The minimum atomic E-state index is -0.179. The number of carbonyl (C=O) groups is 1. The summed E-state index contributed by atoms with van der Waals surface area (Å²) in [6.07, 6.45) is 0. The SMILES string of the molecule is CC[NH+]1CCN(C(=O)[C@@H](C)Sc2nnc3nc(C)cc(C)n23)CC1. The lowest BCUT2D eigenvalue weighted by molar-refractivity contribution is -0.902. The lowest BCUT2D eigenvalue weighted by Crippen LogP contribution is -3.14. The highest BCUT2D eigenvalue weighted by molar-refractivity contribution is 8.00. The summed E-state index contributed by atoms with van der Waals surface area (Å²) in [7, 11) is 0. The van der Waals surface area contributed by atoms with Gasteiger partial charge in [0.05, 0.1) is 38.0 Å². The van der Waals surface area contributed by atoms with Crippen LogP contribution in [0.5, 0.6) is 0 Å². The fourth-order valence-electron chi connectivity index (χ4n) is 3.14. The van der Waals surface area contributed by atoms with Gasteiger partial charge in [-0.2, -0.15) is 0 Å². The molecule has 0 radical (unpaired) electrons. The van der Waals surface area contributed by atoms with Crippen LogP contribution >= 0.6 is 11.8 Å². The summed E-state index contributed by atoms with van der Waals surface area (Å²) >= 11 is 1.46. The van der Waals surface area contributed by atoms with Crippen LogP contribution in [0.4, 0.5) is 0 Å². The Balaban J connectivity index is 1.71. The van der Waals surface area contributed by atoms with Crippen molar-refractivity contribution in [2.45, 2.75) is 38.1 Å². The highest BCUT2D eigenvalue weighted by Gasteiger charge is 2.28. The van der Waals surface area contributed by atoms with E-state index >= 15 is 0 Å². The topological polar surface area (TPSA) is 67.8 Å². The predicted octanol–water partition coefficient (Wildman–Crippen LogP) is -0.0313. The molecule has 1 aliphatic heterocycles. The van der Waals surface area contributed by atoms with Gasteiger partial charge in [-0.3, -0.25) is 9.20 Å². The molecule has 0 bridgehead atoms. The number of hydrogen-bond acceptors (Lipinski definition) is 5. The molecule has 0 spiro atoms. The van der Waals surface area contributed by atoms with Crippen LogP contribution in [0, 0.1) is 13.8 Å². The predicted molar refractivity (Wildman–Crippen MR) is 93.4 cm³/mol. The molecule has 1 fully saturated rings. The zero-order valence-corrected chi connectivity index (χ0v) is 15.6.